The van der Waals surface area contributed by atoms with Crippen molar-refractivity contribution in [3.8, 4) is 0 Å². The smallest absolute Gasteiger partial charge is 0.338 e. The molecule has 1 aliphatic rings. The zero-order valence-corrected chi connectivity index (χ0v) is 28.8. The molecule has 1 N–H and O–H groups in total. The van der Waals surface area contributed by atoms with Gasteiger partial charge in [0.25, 0.3) is 5.56 Å². The summed E-state index contributed by atoms with van der Waals surface area (Å²) < 4.78 is 26.1. The van der Waals surface area contributed by atoms with E-state index in [-0.39, 0.29) is 35.6 Å². The highest BCUT2D eigenvalue weighted by Crippen LogP contribution is 2.34. The maximum atomic E-state index is 14.5. The summed E-state index contributed by atoms with van der Waals surface area (Å²) in [7, 11) is 0. The molecule has 0 spiro atoms. The lowest BCUT2D eigenvalue weighted by Gasteiger charge is -2.25. The van der Waals surface area contributed by atoms with Crippen LogP contribution in [0.3, 0.4) is 0 Å². The van der Waals surface area contributed by atoms with Crippen molar-refractivity contribution < 1.29 is 33.3 Å². The number of rotatable bonds is 13. The van der Waals surface area contributed by atoms with E-state index < -0.39 is 60.3 Å². The van der Waals surface area contributed by atoms with Gasteiger partial charge in [-0.05, 0) is 48.9 Å². The number of nitrogens with one attached hydrogen (secondary N) is 1. The van der Waals surface area contributed by atoms with Crippen LogP contribution in [0, 0.1) is 0 Å². The summed E-state index contributed by atoms with van der Waals surface area (Å²) in [5, 5.41) is 3.10. The van der Waals surface area contributed by atoms with Crippen LogP contribution in [-0.4, -0.2) is 58.5 Å². The van der Waals surface area contributed by atoms with E-state index in [0.717, 1.165) is 15.7 Å². The fraction of sp³-hybridized carbons (Fsp3) is 0.195. The van der Waals surface area contributed by atoms with Crippen molar-refractivity contribution >= 4 is 23.7 Å². The minimum Gasteiger partial charge on any atom is -0.459 e. The molecule has 1 fully saturated rings. The second-order valence-electron chi connectivity index (χ2n) is 12.4. The molecular weight excluding hydrogens is 678 g/mol. The van der Waals surface area contributed by atoms with E-state index in [1.165, 1.54) is 34.9 Å². The van der Waals surface area contributed by atoms with Gasteiger partial charge in [0.2, 0.25) is 0 Å². The lowest BCUT2D eigenvalue weighted by Crippen LogP contribution is -2.47. The van der Waals surface area contributed by atoms with Crippen LogP contribution in [0.4, 0.5) is 5.82 Å². The molecule has 5 aromatic rings. The number of hydrogen-bond acceptors (Lipinski definition) is 10. The highest BCUT2D eigenvalue weighted by molar-refractivity contribution is 5.91. The van der Waals surface area contributed by atoms with Crippen LogP contribution >= 0.6 is 0 Å². The van der Waals surface area contributed by atoms with Gasteiger partial charge in [0.05, 0.1) is 23.2 Å². The standard InChI is InChI=1S/C41H37N3O9/c1-27(2)24-42-33-23-34(45)44(41(49)43(33)25-28-15-7-3-8-16-28)37-36(53-40(48)31-21-13-6-14-22-31)35(52-39(47)30-19-11-5-12-20-30)32(51-37)26-50-38(46)29-17-9-4-10-18-29/h3-23,32,35-37,42H,1,24-26H2,2H3/t32-,35-,36-,37-/m1/s1. The Bertz CT molecular complexity index is 2190. The van der Waals surface area contributed by atoms with Gasteiger partial charge in [-0.1, -0.05) is 97.1 Å². The molecule has 0 radical (unpaired) electrons. The molecule has 0 saturated carbocycles. The summed E-state index contributed by atoms with van der Waals surface area (Å²) >= 11 is 0. The quantitative estimate of drug-likeness (QED) is 0.0975. The molecule has 4 aromatic carbocycles. The molecule has 270 valence electrons. The van der Waals surface area contributed by atoms with Gasteiger partial charge in [-0.15, -0.1) is 0 Å². The van der Waals surface area contributed by atoms with E-state index in [2.05, 4.69) is 11.9 Å². The van der Waals surface area contributed by atoms with E-state index in [0.29, 0.717) is 0 Å². The molecule has 2 heterocycles. The largest absolute Gasteiger partial charge is 0.459 e. The number of carbonyl (C=O) groups excluding carboxylic acids is 3. The van der Waals surface area contributed by atoms with Gasteiger partial charge in [-0.2, -0.15) is 0 Å². The lowest BCUT2D eigenvalue weighted by atomic mass is 10.1. The van der Waals surface area contributed by atoms with E-state index in [4.69, 9.17) is 18.9 Å². The van der Waals surface area contributed by atoms with Crippen LogP contribution in [-0.2, 0) is 25.5 Å². The van der Waals surface area contributed by atoms with Crippen LogP contribution in [0.1, 0.15) is 49.8 Å². The molecular formula is C41H37N3O9. The summed E-state index contributed by atoms with van der Waals surface area (Å²) in [6.07, 6.45) is -5.91. The average Bonchev–Trinajstić information content (AvgIpc) is 3.50. The van der Waals surface area contributed by atoms with Crippen LogP contribution in [0.15, 0.2) is 149 Å². The first-order chi connectivity index (χ1) is 25.7. The van der Waals surface area contributed by atoms with Gasteiger partial charge < -0.3 is 24.3 Å². The van der Waals surface area contributed by atoms with Gasteiger partial charge in [0, 0.05) is 12.6 Å². The van der Waals surface area contributed by atoms with Crippen LogP contribution in [0.2, 0.25) is 0 Å². The first-order valence-electron chi connectivity index (χ1n) is 16.9. The summed E-state index contributed by atoms with van der Waals surface area (Å²) in [6, 6.07) is 34.7. The third-order valence-corrected chi connectivity index (χ3v) is 8.41. The topological polar surface area (TPSA) is 144 Å². The van der Waals surface area contributed by atoms with Gasteiger partial charge in [0.1, 0.15) is 18.5 Å². The Morgan fingerprint density at radius 2 is 1.21 bits per heavy atom. The molecule has 0 unspecified atom stereocenters. The predicted octanol–water partition coefficient (Wildman–Crippen LogP) is 5.25. The van der Waals surface area contributed by atoms with Gasteiger partial charge in [-0.25, -0.2) is 23.7 Å². The Morgan fingerprint density at radius 1 is 0.717 bits per heavy atom. The number of benzene rings is 4. The fourth-order valence-electron chi connectivity index (χ4n) is 5.80. The van der Waals surface area contributed by atoms with Crippen molar-refractivity contribution in [3.63, 3.8) is 0 Å². The molecule has 1 aromatic heterocycles. The minimum atomic E-state index is -1.62. The number of nitrogens with zero attached hydrogens (tertiary/aromatic N) is 2. The number of ether oxygens (including phenoxy) is 4. The molecule has 12 heteroatoms. The highest BCUT2D eigenvalue weighted by Gasteiger charge is 2.52. The SMILES string of the molecule is C=C(C)CNc1cc(=O)n([C@@H]2O[C@H](COC(=O)c3ccccc3)[C@@H](OC(=O)c3ccccc3)[C@H]2OC(=O)c2ccccc2)c(=O)n1Cc1ccccc1. The molecule has 53 heavy (non-hydrogen) atoms. The van der Waals surface area contributed by atoms with Gasteiger partial charge in [-0.3, -0.25) is 9.36 Å². The fourth-order valence-corrected chi connectivity index (χ4v) is 5.80. The van der Waals surface area contributed by atoms with Gasteiger partial charge in [0.15, 0.2) is 18.4 Å². The third kappa shape index (κ3) is 8.68. The Labute approximate surface area is 304 Å². The van der Waals surface area contributed by atoms with E-state index >= 15 is 0 Å². The zero-order chi connectivity index (χ0) is 37.3. The number of aromatic nitrogens is 2. The summed E-state index contributed by atoms with van der Waals surface area (Å²) in [4.78, 5) is 68.7. The molecule has 0 aliphatic carbocycles. The van der Waals surface area contributed by atoms with E-state index in [1.807, 2.05) is 30.3 Å². The monoisotopic (exact) mass is 715 g/mol. The Balaban J connectivity index is 1.45. The van der Waals surface area contributed by atoms with Crippen molar-refractivity contribution in [3.05, 3.63) is 183 Å². The number of anilines is 1. The normalized spacial score (nSPS) is 17.8. The van der Waals surface area contributed by atoms with Crippen molar-refractivity contribution in [1.82, 2.24) is 9.13 Å². The summed E-state index contributed by atoms with van der Waals surface area (Å²) in [5.74, 6) is -2.10. The predicted molar refractivity (Wildman–Crippen MR) is 196 cm³/mol. The first-order valence-corrected chi connectivity index (χ1v) is 16.9. The Hall–Kier alpha value is -6.53. The third-order valence-electron chi connectivity index (χ3n) is 8.41. The molecule has 0 bridgehead atoms. The minimum absolute atomic E-state index is 0.0597. The van der Waals surface area contributed by atoms with E-state index in [9.17, 15) is 24.0 Å². The average molecular weight is 716 g/mol. The molecule has 4 atom stereocenters. The maximum absolute atomic E-state index is 14.5. The van der Waals surface area contributed by atoms with Gasteiger partial charge >= 0.3 is 23.6 Å². The van der Waals surface area contributed by atoms with Crippen LogP contribution < -0.4 is 16.6 Å². The number of carbonyl (C=O) groups is 3. The molecule has 1 aliphatic heterocycles. The summed E-state index contributed by atoms with van der Waals surface area (Å²) in [5.41, 5.74) is 0.528. The van der Waals surface area contributed by atoms with E-state index in [1.54, 1.807) is 73.7 Å². The van der Waals surface area contributed by atoms with Crippen LogP contribution in [0.25, 0.3) is 0 Å². The highest BCUT2D eigenvalue weighted by atomic mass is 16.7. The lowest BCUT2D eigenvalue weighted by molar-refractivity contribution is -0.0656. The molecule has 12 nitrogen and oxygen atoms in total. The number of esters is 3. The maximum Gasteiger partial charge on any atom is 0.338 e. The molecule has 0 amide bonds. The second kappa shape index (κ2) is 16.7. The van der Waals surface area contributed by atoms with Crippen LogP contribution in [0.5, 0.6) is 0 Å². The first kappa shape index (κ1) is 36.3. The van der Waals surface area contributed by atoms with Crippen molar-refractivity contribution in [2.24, 2.45) is 0 Å². The number of hydrogen-bond donors (Lipinski definition) is 1. The van der Waals surface area contributed by atoms with Crippen molar-refractivity contribution in [2.45, 2.75) is 38.0 Å². The Morgan fingerprint density at radius 3 is 1.74 bits per heavy atom. The van der Waals surface area contributed by atoms with Crippen molar-refractivity contribution in [1.29, 1.82) is 0 Å². The van der Waals surface area contributed by atoms with Crippen molar-refractivity contribution in [2.75, 3.05) is 18.5 Å². The second-order valence-corrected chi connectivity index (χ2v) is 12.4. The molecule has 1 saturated heterocycles. The molecule has 6 rings (SSSR count). The zero-order valence-electron chi connectivity index (χ0n) is 28.8. The Kier molecular flexibility index (Phi) is 11.4. The summed E-state index contributed by atoms with van der Waals surface area (Å²) in [6.45, 7) is 5.56.